The van der Waals surface area contributed by atoms with Gasteiger partial charge in [0.15, 0.2) is 5.01 Å². The van der Waals surface area contributed by atoms with Gasteiger partial charge in [-0.15, -0.1) is 11.3 Å². The second-order valence-electron chi connectivity index (χ2n) is 7.20. The molecule has 0 atom stereocenters. The molecule has 2 aliphatic rings. The van der Waals surface area contributed by atoms with Crippen LogP contribution in [0.5, 0.6) is 0 Å². The fraction of sp³-hybridized carbons (Fsp3) is 0.450. The molecule has 4 rings (SSSR count). The molecule has 0 spiro atoms. The van der Waals surface area contributed by atoms with Crippen molar-refractivity contribution in [3.63, 3.8) is 0 Å². The molecule has 142 valence electrons. The molecule has 0 unspecified atom stereocenters. The van der Waals surface area contributed by atoms with Crippen molar-refractivity contribution in [3.05, 3.63) is 51.5 Å². The molecule has 6 nitrogen and oxygen atoms in total. The number of aromatic nitrogens is 1. The van der Waals surface area contributed by atoms with Gasteiger partial charge in [0.05, 0.1) is 11.8 Å². The lowest BCUT2D eigenvalue weighted by Gasteiger charge is -2.34. The highest BCUT2D eigenvalue weighted by Crippen LogP contribution is 2.30. The maximum atomic E-state index is 12.5. The third-order valence-corrected chi connectivity index (χ3v) is 6.43. The first-order valence-electron chi connectivity index (χ1n) is 9.37. The number of aliphatic hydroxyl groups excluding tert-OH is 1. The Kier molecular flexibility index (Phi) is 5.22. The number of carbonyl (C=O) groups is 2. The molecule has 2 N–H and O–H groups in total. The first-order valence-corrected chi connectivity index (χ1v) is 10.2. The summed E-state index contributed by atoms with van der Waals surface area (Å²) in [5.41, 5.74) is 1.99. The molecule has 2 amide bonds. The van der Waals surface area contributed by atoms with Crippen LogP contribution in [0.25, 0.3) is 0 Å². The van der Waals surface area contributed by atoms with Crippen LogP contribution in [0.2, 0.25) is 0 Å². The Morgan fingerprint density at radius 3 is 2.67 bits per heavy atom. The predicted molar refractivity (Wildman–Crippen MR) is 102 cm³/mol. The molecule has 0 saturated heterocycles. The summed E-state index contributed by atoms with van der Waals surface area (Å²) < 4.78 is 0. The lowest BCUT2D eigenvalue weighted by atomic mass is 9.81. The van der Waals surface area contributed by atoms with Crippen LogP contribution in [0.4, 0.5) is 0 Å². The number of nitrogens with zero attached hydrogens (tertiary/aromatic N) is 2. The Morgan fingerprint density at radius 1 is 1.19 bits per heavy atom. The molecule has 2 aromatic rings. The van der Waals surface area contributed by atoms with Crippen molar-refractivity contribution in [2.75, 3.05) is 13.1 Å². The summed E-state index contributed by atoms with van der Waals surface area (Å²) in [6.07, 6.45) is 2.27. The third kappa shape index (κ3) is 4.04. The normalized spacial score (nSPS) is 21.7. The molecule has 0 bridgehead atoms. The van der Waals surface area contributed by atoms with E-state index in [1.807, 2.05) is 35.2 Å². The zero-order valence-corrected chi connectivity index (χ0v) is 15.9. The van der Waals surface area contributed by atoms with Crippen molar-refractivity contribution in [2.24, 2.45) is 5.92 Å². The van der Waals surface area contributed by atoms with Gasteiger partial charge in [-0.3, -0.25) is 9.59 Å². The summed E-state index contributed by atoms with van der Waals surface area (Å²) in [6, 6.07) is 9.80. The molecule has 1 aliphatic heterocycles. The standard InChI is InChI=1S/C20H23N3O3S/c24-15-10-14(11-15)20(26)23-8-6-16-17(7-9-23)27-19(22-16)18(25)21-12-13-4-2-1-3-5-13/h1-5,14-15,24H,6-12H2,(H,21,25). The number of amides is 2. The Labute approximate surface area is 162 Å². The molecule has 1 aromatic carbocycles. The molecule has 2 heterocycles. The Hall–Kier alpha value is -2.25. The summed E-state index contributed by atoms with van der Waals surface area (Å²) in [4.78, 5) is 32.4. The van der Waals surface area contributed by atoms with E-state index in [-0.39, 0.29) is 23.8 Å². The monoisotopic (exact) mass is 385 g/mol. The van der Waals surface area contributed by atoms with Gasteiger partial charge in [0.2, 0.25) is 5.91 Å². The van der Waals surface area contributed by atoms with E-state index >= 15 is 0 Å². The number of hydrogen-bond donors (Lipinski definition) is 2. The first-order chi connectivity index (χ1) is 13.1. The molecule has 1 aliphatic carbocycles. The summed E-state index contributed by atoms with van der Waals surface area (Å²) in [5.74, 6) is -0.0204. The van der Waals surface area contributed by atoms with E-state index in [4.69, 9.17) is 0 Å². The van der Waals surface area contributed by atoms with Crippen LogP contribution < -0.4 is 5.32 Å². The van der Waals surface area contributed by atoms with Crippen molar-refractivity contribution in [2.45, 2.75) is 38.3 Å². The summed E-state index contributed by atoms with van der Waals surface area (Å²) in [6.45, 7) is 1.78. The zero-order valence-electron chi connectivity index (χ0n) is 15.1. The molecular weight excluding hydrogens is 362 g/mol. The van der Waals surface area contributed by atoms with E-state index in [1.165, 1.54) is 11.3 Å². The number of benzene rings is 1. The van der Waals surface area contributed by atoms with Crippen LogP contribution in [0.15, 0.2) is 30.3 Å². The molecule has 1 fully saturated rings. The van der Waals surface area contributed by atoms with Crippen LogP contribution in [-0.4, -0.2) is 46.0 Å². The Bertz CT molecular complexity index is 805. The maximum absolute atomic E-state index is 12.5. The lowest BCUT2D eigenvalue weighted by molar-refractivity contribution is -0.142. The van der Waals surface area contributed by atoms with Crippen LogP contribution >= 0.6 is 11.3 Å². The number of rotatable bonds is 4. The van der Waals surface area contributed by atoms with Gasteiger partial charge >= 0.3 is 0 Å². The van der Waals surface area contributed by atoms with Crippen LogP contribution in [-0.2, 0) is 24.2 Å². The quantitative estimate of drug-likeness (QED) is 0.840. The average molecular weight is 385 g/mol. The van der Waals surface area contributed by atoms with Crippen LogP contribution in [0, 0.1) is 5.92 Å². The third-order valence-electron chi connectivity index (χ3n) is 5.27. The van der Waals surface area contributed by atoms with Gasteiger partial charge in [0.1, 0.15) is 0 Å². The molecule has 1 saturated carbocycles. The minimum Gasteiger partial charge on any atom is -0.393 e. The maximum Gasteiger partial charge on any atom is 0.280 e. The number of nitrogens with one attached hydrogen (secondary N) is 1. The highest BCUT2D eigenvalue weighted by atomic mass is 32.1. The van der Waals surface area contributed by atoms with Crippen molar-refractivity contribution in [3.8, 4) is 0 Å². The highest BCUT2D eigenvalue weighted by Gasteiger charge is 2.36. The van der Waals surface area contributed by atoms with E-state index in [1.54, 1.807) is 0 Å². The number of fused-ring (bicyclic) bond motifs is 1. The second kappa shape index (κ2) is 7.78. The number of thiazole rings is 1. The van der Waals surface area contributed by atoms with Gasteiger partial charge in [-0.25, -0.2) is 4.98 Å². The Morgan fingerprint density at radius 2 is 1.93 bits per heavy atom. The Balaban J connectivity index is 1.34. The lowest BCUT2D eigenvalue weighted by Crippen LogP contribution is -2.44. The molecule has 1 aromatic heterocycles. The van der Waals surface area contributed by atoms with Crippen LogP contribution in [0.1, 0.15) is 38.8 Å². The van der Waals surface area contributed by atoms with Crippen molar-refractivity contribution in [1.29, 1.82) is 0 Å². The number of hydrogen-bond acceptors (Lipinski definition) is 5. The van der Waals surface area contributed by atoms with E-state index in [0.29, 0.717) is 43.9 Å². The highest BCUT2D eigenvalue weighted by molar-refractivity contribution is 7.13. The van der Waals surface area contributed by atoms with E-state index in [0.717, 1.165) is 22.6 Å². The number of aliphatic hydroxyl groups is 1. The SMILES string of the molecule is O=C(NCc1ccccc1)c1nc2c(s1)CCN(C(=O)C1CC(O)C1)CC2. The van der Waals surface area contributed by atoms with Gasteiger partial charge in [-0.1, -0.05) is 30.3 Å². The molecule has 27 heavy (non-hydrogen) atoms. The second-order valence-corrected chi connectivity index (χ2v) is 8.29. The van der Waals surface area contributed by atoms with E-state index in [9.17, 15) is 14.7 Å². The summed E-state index contributed by atoms with van der Waals surface area (Å²) in [5, 5.41) is 12.8. The average Bonchev–Trinajstić information content (AvgIpc) is 2.97. The largest absolute Gasteiger partial charge is 0.393 e. The van der Waals surface area contributed by atoms with Crippen LogP contribution in [0.3, 0.4) is 0 Å². The van der Waals surface area contributed by atoms with Gasteiger partial charge in [0, 0.05) is 43.3 Å². The molecular formula is C20H23N3O3S. The number of carbonyl (C=O) groups excluding carboxylic acids is 2. The minimum atomic E-state index is -0.314. The first kappa shape index (κ1) is 18.1. The van der Waals surface area contributed by atoms with Gasteiger partial charge in [-0.05, 0) is 18.4 Å². The van der Waals surface area contributed by atoms with Gasteiger partial charge in [0.25, 0.3) is 5.91 Å². The smallest absolute Gasteiger partial charge is 0.280 e. The molecule has 0 radical (unpaired) electrons. The fourth-order valence-corrected chi connectivity index (χ4v) is 4.60. The minimum absolute atomic E-state index is 0.0246. The fourth-order valence-electron chi connectivity index (χ4n) is 3.58. The summed E-state index contributed by atoms with van der Waals surface area (Å²) in [7, 11) is 0. The van der Waals surface area contributed by atoms with Crippen molar-refractivity contribution >= 4 is 23.2 Å². The van der Waals surface area contributed by atoms with E-state index < -0.39 is 0 Å². The van der Waals surface area contributed by atoms with Crippen molar-refractivity contribution in [1.82, 2.24) is 15.2 Å². The molecule has 7 heteroatoms. The van der Waals surface area contributed by atoms with Gasteiger partial charge in [-0.2, -0.15) is 0 Å². The van der Waals surface area contributed by atoms with E-state index in [2.05, 4.69) is 10.3 Å². The summed E-state index contributed by atoms with van der Waals surface area (Å²) >= 11 is 1.43. The predicted octanol–water partition coefficient (Wildman–Crippen LogP) is 1.77. The van der Waals surface area contributed by atoms with Crippen molar-refractivity contribution < 1.29 is 14.7 Å². The zero-order chi connectivity index (χ0) is 18.8. The topological polar surface area (TPSA) is 82.5 Å². The van der Waals surface area contributed by atoms with Gasteiger partial charge < -0.3 is 15.3 Å².